The van der Waals surface area contributed by atoms with E-state index in [2.05, 4.69) is 21.2 Å². The van der Waals surface area contributed by atoms with E-state index in [1.165, 1.54) is 9.21 Å². The molecular formula is C26H34BrN3O6S. The molecule has 0 saturated carbocycles. The van der Waals surface area contributed by atoms with Crippen molar-refractivity contribution in [3.63, 3.8) is 0 Å². The fourth-order valence-corrected chi connectivity index (χ4v) is 5.11. The zero-order valence-corrected chi connectivity index (χ0v) is 24.2. The topological polar surface area (TPSA) is 105 Å². The van der Waals surface area contributed by atoms with Crippen LogP contribution < -0.4 is 19.1 Å². The fourth-order valence-electron chi connectivity index (χ4n) is 3.89. The zero-order valence-electron chi connectivity index (χ0n) is 21.8. The van der Waals surface area contributed by atoms with Gasteiger partial charge < -0.3 is 19.7 Å². The average Bonchev–Trinajstić information content (AvgIpc) is 3.27. The van der Waals surface area contributed by atoms with E-state index in [0.29, 0.717) is 17.2 Å². The third kappa shape index (κ3) is 8.10. The van der Waals surface area contributed by atoms with E-state index in [4.69, 9.17) is 9.47 Å². The minimum atomic E-state index is -3.61. The molecule has 2 amide bonds. The summed E-state index contributed by atoms with van der Waals surface area (Å²) < 4.78 is 37.9. The summed E-state index contributed by atoms with van der Waals surface area (Å²) in [5, 5.41) is 2.94. The number of nitrogens with zero attached hydrogens (tertiary/aromatic N) is 2. The number of nitrogens with one attached hydrogen (secondary N) is 1. The van der Waals surface area contributed by atoms with Crippen molar-refractivity contribution in [3.8, 4) is 11.5 Å². The molecule has 1 atom stereocenters. The first-order chi connectivity index (χ1) is 17.2. The van der Waals surface area contributed by atoms with Crippen molar-refractivity contribution >= 4 is 43.5 Å². The van der Waals surface area contributed by atoms with Crippen LogP contribution >= 0.6 is 15.9 Å². The number of hydrogen-bond donors (Lipinski definition) is 1. The number of carbonyl (C=O) groups is 2. The number of hydrogen-bond acceptors (Lipinski definition) is 6. The van der Waals surface area contributed by atoms with Crippen molar-refractivity contribution in [1.29, 1.82) is 0 Å². The molecule has 37 heavy (non-hydrogen) atoms. The predicted molar refractivity (Wildman–Crippen MR) is 146 cm³/mol. The lowest BCUT2D eigenvalue weighted by atomic mass is 10.1. The number of ether oxygens (including phenoxy) is 2. The number of halogens is 1. The first-order valence-electron chi connectivity index (χ1n) is 12.0. The molecule has 202 valence electrons. The third-order valence-electron chi connectivity index (χ3n) is 5.73. The summed E-state index contributed by atoms with van der Waals surface area (Å²) in [6.07, 6.45) is 1.46. The maximum Gasteiger partial charge on any atom is 0.242 e. The van der Waals surface area contributed by atoms with Crippen LogP contribution in [0, 0.1) is 0 Å². The second kappa shape index (κ2) is 11.7. The molecule has 0 fully saturated rings. The lowest BCUT2D eigenvalue weighted by molar-refractivity contribution is -0.141. The van der Waals surface area contributed by atoms with Gasteiger partial charge in [0.25, 0.3) is 0 Å². The van der Waals surface area contributed by atoms with Gasteiger partial charge in [0.1, 0.15) is 6.04 Å². The highest BCUT2D eigenvalue weighted by Crippen LogP contribution is 2.36. The van der Waals surface area contributed by atoms with Crippen molar-refractivity contribution in [3.05, 3.63) is 52.5 Å². The first kappa shape index (κ1) is 28.8. The Bertz CT molecular complexity index is 1230. The average molecular weight is 597 g/mol. The number of carbonyl (C=O) groups excluding carboxylic acids is 2. The summed E-state index contributed by atoms with van der Waals surface area (Å²) in [7, 11) is -3.61. The minimum Gasteiger partial charge on any atom is -0.454 e. The molecule has 0 radical (unpaired) electrons. The van der Waals surface area contributed by atoms with Crippen molar-refractivity contribution in [2.75, 3.05) is 23.9 Å². The lowest BCUT2D eigenvalue weighted by Gasteiger charge is -2.32. The van der Waals surface area contributed by atoms with Gasteiger partial charge in [0, 0.05) is 35.6 Å². The van der Waals surface area contributed by atoms with Crippen LogP contribution in [0.5, 0.6) is 11.5 Å². The number of anilines is 1. The third-order valence-corrected chi connectivity index (χ3v) is 7.45. The molecule has 0 aromatic heterocycles. The van der Waals surface area contributed by atoms with E-state index in [0.717, 1.165) is 16.3 Å². The highest BCUT2D eigenvalue weighted by atomic mass is 79.9. The number of fused-ring (bicyclic) bond motifs is 1. The Labute approximate surface area is 227 Å². The van der Waals surface area contributed by atoms with Gasteiger partial charge in [-0.1, -0.05) is 28.1 Å². The summed E-state index contributed by atoms with van der Waals surface area (Å²) in [4.78, 5) is 27.8. The van der Waals surface area contributed by atoms with Crippen LogP contribution in [0.15, 0.2) is 46.9 Å². The standard InChI is InChI=1S/C26H34BrN3O6S/c1-18(25(32)28-26(2,3)4)29(16-19-8-10-20(27)11-9-19)24(31)7-6-14-30(37(5,33)34)21-12-13-22-23(15-21)36-17-35-22/h8-13,15,18H,6-7,14,16-17H2,1-5H3,(H,28,32)/t18-/m0/s1. The molecule has 1 aliphatic rings. The van der Waals surface area contributed by atoms with Gasteiger partial charge >= 0.3 is 0 Å². The van der Waals surface area contributed by atoms with E-state index < -0.39 is 21.6 Å². The predicted octanol–water partition coefficient (Wildman–Crippen LogP) is 4.06. The number of sulfonamides is 1. The number of benzene rings is 2. The smallest absolute Gasteiger partial charge is 0.242 e. The summed E-state index contributed by atoms with van der Waals surface area (Å²) in [5.74, 6) is 0.537. The zero-order chi connectivity index (χ0) is 27.4. The lowest BCUT2D eigenvalue weighted by Crippen LogP contribution is -2.52. The van der Waals surface area contributed by atoms with Gasteiger partial charge in [-0.25, -0.2) is 8.42 Å². The minimum absolute atomic E-state index is 0.0697. The summed E-state index contributed by atoms with van der Waals surface area (Å²) in [5.41, 5.74) is 0.868. The molecular weight excluding hydrogens is 562 g/mol. The molecule has 9 nitrogen and oxygen atoms in total. The molecule has 1 aliphatic heterocycles. The largest absolute Gasteiger partial charge is 0.454 e. The molecule has 0 unspecified atom stereocenters. The highest BCUT2D eigenvalue weighted by molar-refractivity contribution is 9.10. The Kier molecular flexibility index (Phi) is 9.12. The number of amides is 2. The molecule has 0 bridgehead atoms. The molecule has 0 aliphatic carbocycles. The fraction of sp³-hybridized carbons (Fsp3) is 0.462. The van der Waals surface area contributed by atoms with Crippen molar-refractivity contribution < 1.29 is 27.5 Å². The van der Waals surface area contributed by atoms with E-state index in [1.807, 2.05) is 45.0 Å². The first-order valence-corrected chi connectivity index (χ1v) is 14.6. The normalized spacial score (nSPS) is 13.7. The van der Waals surface area contributed by atoms with Gasteiger partial charge in [-0.3, -0.25) is 13.9 Å². The van der Waals surface area contributed by atoms with Crippen LogP contribution in [0.4, 0.5) is 5.69 Å². The Morgan fingerprint density at radius 1 is 1.08 bits per heavy atom. The Hall–Kier alpha value is -2.79. The van der Waals surface area contributed by atoms with Crippen molar-refractivity contribution in [2.45, 2.75) is 58.7 Å². The van der Waals surface area contributed by atoms with Crippen LogP contribution in [-0.2, 0) is 26.2 Å². The van der Waals surface area contributed by atoms with Crippen molar-refractivity contribution in [1.82, 2.24) is 10.2 Å². The van der Waals surface area contributed by atoms with Crippen LogP contribution in [0.2, 0.25) is 0 Å². The summed E-state index contributed by atoms with van der Waals surface area (Å²) in [6.45, 7) is 7.79. The van der Waals surface area contributed by atoms with Crippen LogP contribution in [0.1, 0.15) is 46.1 Å². The SMILES string of the molecule is C[C@@H](C(=O)NC(C)(C)C)N(Cc1ccc(Br)cc1)C(=O)CCCN(c1ccc2c(c1)OCO2)S(C)(=O)=O. The molecule has 3 rings (SSSR count). The molecule has 0 spiro atoms. The van der Waals surface area contributed by atoms with Gasteiger partial charge in [-0.05, 0) is 63.9 Å². The van der Waals surface area contributed by atoms with Crippen molar-refractivity contribution in [2.24, 2.45) is 0 Å². The second-order valence-corrected chi connectivity index (χ2v) is 12.9. The highest BCUT2D eigenvalue weighted by Gasteiger charge is 2.29. The van der Waals surface area contributed by atoms with Gasteiger partial charge in [0.15, 0.2) is 11.5 Å². The Balaban J connectivity index is 1.74. The molecule has 2 aromatic carbocycles. The van der Waals surface area contributed by atoms with Gasteiger partial charge in [0.05, 0.1) is 11.9 Å². The van der Waals surface area contributed by atoms with Gasteiger partial charge in [-0.15, -0.1) is 0 Å². The quantitative estimate of drug-likeness (QED) is 0.444. The number of rotatable bonds is 10. The molecule has 0 saturated heterocycles. The maximum atomic E-state index is 13.4. The van der Waals surface area contributed by atoms with E-state index in [-0.39, 0.29) is 44.5 Å². The molecule has 2 aromatic rings. The van der Waals surface area contributed by atoms with Gasteiger partial charge in [-0.2, -0.15) is 0 Å². The van der Waals surface area contributed by atoms with E-state index in [1.54, 1.807) is 25.1 Å². The summed E-state index contributed by atoms with van der Waals surface area (Å²) >= 11 is 3.41. The van der Waals surface area contributed by atoms with Crippen LogP contribution in [-0.4, -0.2) is 56.3 Å². The molecule has 1 N–H and O–H groups in total. The molecule has 11 heteroatoms. The molecule has 1 heterocycles. The Morgan fingerprint density at radius 3 is 2.35 bits per heavy atom. The van der Waals surface area contributed by atoms with Crippen LogP contribution in [0.25, 0.3) is 0 Å². The monoisotopic (exact) mass is 595 g/mol. The van der Waals surface area contributed by atoms with Crippen LogP contribution in [0.3, 0.4) is 0 Å². The summed E-state index contributed by atoms with van der Waals surface area (Å²) in [6, 6.07) is 11.8. The Morgan fingerprint density at radius 2 is 1.73 bits per heavy atom. The van der Waals surface area contributed by atoms with E-state index >= 15 is 0 Å². The van der Waals surface area contributed by atoms with Gasteiger partial charge in [0.2, 0.25) is 28.6 Å². The second-order valence-electron chi connectivity index (χ2n) is 10.0. The van der Waals surface area contributed by atoms with E-state index in [9.17, 15) is 18.0 Å². The maximum absolute atomic E-state index is 13.4.